The predicted octanol–water partition coefficient (Wildman–Crippen LogP) is 2.45. The van der Waals surface area contributed by atoms with Crippen molar-refractivity contribution in [1.29, 1.82) is 0 Å². The number of hydrogen-bond donors (Lipinski definition) is 1. The van der Waals surface area contributed by atoms with E-state index in [9.17, 15) is 0 Å². The normalized spacial score (nSPS) is 11.7. The van der Waals surface area contributed by atoms with E-state index in [4.69, 9.17) is 4.74 Å². The average molecular weight is 247 g/mol. The molecule has 0 amide bonds. The average Bonchev–Trinajstić information content (AvgIpc) is 2.77. The largest absolute Gasteiger partial charge is 0.481 e. The minimum Gasteiger partial charge on any atom is -0.481 e. The van der Waals surface area contributed by atoms with Gasteiger partial charge in [0, 0.05) is 30.2 Å². The molecule has 0 aliphatic carbocycles. The fourth-order valence-corrected chi connectivity index (χ4v) is 1.93. The van der Waals surface area contributed by atoms with E-state index in [-0.39, 0.29) is 0 Å². The third kappa shape index (κ3) is 2.64. The van der Waals surface area contributed by atoms with Gasteiger partial charge in [0.2, 0.25) is 5.88 Å². The number of likely N-dealkylation sites (N-methyl/N-ethyl adjacent to an activating group) is 1. The van der Waals surface area contributed by atoms with Crippen LogP contribution in [-0.2, 0) is 6.42 Å². The molecule has 0 unspecified atom stereocenters. The van der Waals surface area contributed by atoms with Gasteiger partial charge in [-0.1, -0.05) is 0 Å². The number of nitrogens with one attached hydrogen (secondary N) is 1. The molecule has 0 radical (unpaired) electrons. The molecule has 1 N–H and O–H groups in total. The van der Waals surface area contributed by atoms with E-state index >= 15 is 0 Å². The Morgan fingerprint density at radius 3 is 2.89 bits per heavy atom. The molecule has 2 rings (SSSR count). The maximum absolute atomic E-state index is 5.18. The van der Waals surface area contributed by atoms with Gasteiger partial charge in [0.15, 0.2) is 0 Å². The molecule has 4 nitrogen and oxygen atoms in total. The van der Waals surface area contributed by atoms with Crippen LogP contribution < -0.4 is 4.74 Å². The van der Waals surface area contributed by atoms with Crippen LogP contribution in [0.5, 0.6) is 5.88 Å². The first kappa shape index (κ1) is 12.9. The van der Waals surface area contributed by atoms with Gasteiger partial charge in [-0.25, -0.2) is 4.98 Å². The zero-order valence-electron chi connectivity index (χ0n) is 11.5. The lowest BCUT2D eigenvalue weighted by Crippen LogP contribution is -2.28. The molecule has 18 heavy (non-hydrogen) atoms. The van der Waals surface area contributed by atoms with Crippen LogP contribution in [0.1, 0.15) is 19.4 Å². The molecule has 0 aliphatic rings. The van der Waals surface area contributed by atoms with Crippen molar-refractivity contribution < 1.29 is 4.74 Å². The Labute approximate surface area is 108 Å². The highest BCUT2D eigenvalue weighted by molar-refractivity contribution is 5.83. The van der Waals surface area contributed by atoms with Crippen molar-refractivity contribution in [3.8, 4) is 5.88 Å². The molecule has 0 aliphatic heterocycles. The first-order valence-corrected chi connectivity index (χ1v) is 6.32. The van der Waals surface area contributed by atoms with Crippen LogP contribution in [0.2, 0.25) is 0 Å². The zero-order valence-corrected chi connectivity index (χ0v) is 11.5. The van der Waals surface area contributed by atoms with Crippen LogP contribution >= 0.6 is 0 Å². The van der Waals surface area contributed by atoms with Crippen molar-refractivity contribution in [1.82, 2.24) is 14.9 Å². The van der Waals surface area contributed by atoms with Crippen molar-refractivity contribution in [2.75, 3.05) is 20.7 Å². The van der Waals surface area contributed by atoms with Crippen molar-refractivity contribution in [2.24, 2.45) is 0 Å². The van der Waals surface area contributed by atoms with E-state index in [1.165, 1.54) is 10.9 Å². The number of aromatic amines is 1. The molecule has 0 aromatic carbocycles. The Morgan fingerprint density at radius 2 is 2.22 bits per heavy atom. The second-order valence-electron chi connectivity index (χ2n) is 4.91. The first-order chi connectivity index (χ1) is 8.61. The second kappa shape index (κ2) is 5.40. The summed E-state index contributed by atoms with van der Waals surface area (Å²) in [6.45, 7) is 5.47. The molecule has 4 heteroatoms. The molecule has 2 heterocycles. The highest BCUT2D eigenvalue weighted by atomic mass is 16.5. The van der Waals surface area contributed by atoms with E-state index in [1.54, 1.807) is 7.11 Å². The Kier molecular flexibility index (Phi) is 3.87. The second-order valence-corrected chi connectivity index (χ2v) is 4.91. The number of pyridine rings is 1. The number of fused-ring (bicyclic) bond motifs is 1. The molecular weight excluding hydrogens is 226 g/mol. The number of methoxy groups -OCH3 is 1. The predicted molar refractivity (Wildman–Crippen MR) is 74.1 cm³/mol. The molecule has 0 fully saturated rings. The van der Waals surface area contributed by atoms with Crippen LogP contribution in [-0.4, -0.2) is 41.6 Å². The summed E-state index contributed by atoms with van der Waals surface area (Å²) in [5, 5.41) is 1.21. The molecular formula is C14H21N3O. The van der Waals surface area contributed by atoms with Gasteiger partial charge in [-0.05, 0) is 32.9 Å². The topological polar surface area (TPSA) is 41.1 Å². The smallest absolute Gasteiger partial charge is 0.213 e. The standard InChI is InChI=1S/C14H21N3O/c1-10(2)17(3)6-5-11-8-15-13-9-16-14(18-4)7-12(11)13/h7-10,15H,5-6H2,1-4H3. The number of nitrogens with zero attached hydrogens (tertiary/aromatic N) is 2. The molecule has 2 aromatic rings. The van der Waals surface area contributed by atoms with Gasteiger partial charge in [-0.2, -0.15) is 0 Å². The number of ether oxygens (including phenoxy) is 1. The van der Waals surface area contributed by atoms with Gasteiger partial charge >= 0.3 is 0 Å². The van der Waals surface area contributed by atoms with Crippen LogP contribution in [0, 0.1) is 0 Å². The van der Waals surface area contributed by atoms with E-state index in [0.717, 1.165) is 18.5 Å². The summed E-state index contributed by atoms with van der Waals surface area (Å²) < 4.78 is 5.18. The molecule has 0 saturated carbocycles. The van der Waals surface area contributed by atoms with E-state index in [2.05, 4.69) is 42.0 Å². The number of hydrogen-bond acceptors (Lipinski definition) is 3. The van der Waals surface area contributed by atoms with Gasteiger partial charge < -0.3 is 14.6 Å². The summed E-state index contributed by atoms with van der Waals surface area (Å²) in [6, 6.07) is 2.57. The summed E-state index contributed by atoms with van der Waals surface area (Å²) >= 11 is 0. The van der Waals surface area contributed by atoms with Crippen LogP contribution in [0.3, 0.4) is 0 Å². The Morgan fingerprint density at radius 1 is 1.44 bits per heavy atom. The third-order valence-corrected chi connectivity index (χ3v) is 3.45. The molecule has 0 atom stereocenters. The summed E-state index contributed by atoms with van der Waals surface area (Å²) in [5.74, 6) is 0.667. The maximum Gasteiger partial charge on any atom is 0.213 e. The van der Waals surface area contributed by atoms with Crippen LogP contribution in [0.15, 0.2) is 18.5 Å². The SMILES string of the molecule is COc1cc2c(CCN(C)C(C)C)c[nH]c2cn1. The Balaban J connectivity index is 2.18. The summed E-state index contributed by atoms with van der Waals surface area (Å²) in [6.07, 6.45) is 4.92. The van der Waals surface area contributed by atoms with Crippen molar-refractivity contribution in [3.63, 3.8) is 0 Å². The lowest BCUT2D eigenvalue weighted by atomic mass is 10.1. The fourth-order valence-electron chi connectivity index (χ4n) is 1.93. The van der Waals surface area contributed by atoms with Gasteiger partial charge in [-0.3, -0.25) is 0 Å². The van der Waals surface area contributed by atoms with Crippen LogP contribution in [0.25, 0.3) is 10.9 Å². The molecule has 0 spiro atoms. The summed E-state index contributed by atoms with van der Waals surface area (Å²) in [4.78, 5) is 9.80. The first-order valence-electron chi connectivity index (χ1n) is 6.32. The van der Waals surface area contributed by atoms with E-state index in [0.29, 0.717) is 11.9 Å². The van der Waals surface area contributed by atoms with Gasteiger partial charge in [0.25, 0.3) is 0 Å². The zero-order chi connectivity index (χ0) is 13.1. The summed E-state index contributed by atoms with van der Waals surface area (Å²) in [5.41, 5.74) is 2.39. The minimum absolute atomic E-state index is 0.575. The molecule has 2 aromatic heterocycles. The number of rotatable bonds is 5. The van der Waals surface area contributed by atoms with Crippen molar-refractivity contribution >= 4 is 10.9 Å². The Hall–Kier alpha value is -1.55. The number of aromatic nitrogens is 2. The maximum atomic E-state index is 5.18. The lowest BCUT2D eigenvalue weighted by molar-refractivity contribution is 0.278. The molecule has 98 valence electrons. The number of H-pyrrole nitrogens is 1. The monoisotopic (exact) mass is 247 g/mol. The van der Waals surface area contributed by atoms with Crippen molar-refractivity contribution in [3.05, 3.63) is 24.0 Å². The Bertz CT molecular complexity index is 519. The molecule has 0 bridgehead atoms. The van der Waals surface area contributed by atoms with Crippen molar-refractivity contribution in [2.45, 2.75) is 26.3 Å². The van der Waals surface area contributed by atoms with Gasteiger partial charge in [0.1, 0.15) is 0 Å². The highest BCUT2D eigenvalue weighted by Crippen LogP contribution is 2.21. The van der Waals surface area contributed by atoms with Gasteiger partial charge in [0.05, 0.1) is 18.8 Å². The quantitative estimate of drug-likeness (QED) is 0.882. The lowest BCUT2D eigenvalue weighted by Gasteiger charge is -2.20. The molecule has 0 saturated heterocycles. The third-order valence-electron chi connectivity index (χ3n) is 3.45. The van der Waals surface area contributed by atoms with E-state index < -0.39 is 0 Å². The minimum atomic E-state index is 0.575. The summed E-state index contributed by atoms with van der Waals surface area (Å²) in [7, 11) is 3.80. The van der Waals surface area contributed by atoms with E-state index in [1.807, 2.05) is 12.3 Å². The van der Waals surface area contributed by atoms with Crippen LogP contribution in [0.4, 0.5) is 0 Å². The fraction of sp³-hybridized carbons (Fsp3) is 0.500. The van der Waals surface area contributed by atoms with Gasteiger partial charge in [-0.15, -0.1) is 0 Å². The highest BCUT2D eigenvalue weighted by Gasteiger charge is 2.08.